The molecule has 2 heterocycles. The number of amides is 2. The highest BCUT2D eigenvalue weighted by atomic mass is 79.9. The van der Waals surface area contributed by atoms with Gasteiger partial charge in [0.15, 0.2) is 0 Å². The normalized spacial score (nSPS) is 14.8. The molecule has 1 N–H and O–H groups in total. The molecule has 6 nitrogen and oxygen atoms in total. The number of hydrogen-bond donors (Lipinski definition) is 1. The number of ether oxygens (including phenoxy) is 1. The van der Waals surface area contributed by atoms with E-state index in [0.29, 0.717) is 43.1 Å². The van der Waals surface area contributed by atoms with Crippen molar-refractivity contribution in [2.45, 2.75) is 12.8 Å². The Morgan fingerprint density at radius 1 is 1.15 bits per heavy atom. The lowest BCUT2D eigenvalue weighted by Crippen LogP contribution is -2.42. The summed E-state index contributed by atoms with van der Waals surface area (Å²) < 4.78 is 6.64. The topological polar surface area (TPSA) is 71.5 Å². The van der Waals surface area contributed by atoms with Gasteiger partial charge in [-0.15, -0.1) is 0 Å². The molecule has 1 aliphatic rings. The number of likely N-dealkylation sites (tertiary alicyclic amines) is 1. The molecule has 26 heavy (non-hydrogen) atoms. The number of aromatic nitrogens is 1. The molecule has 1 fully saturated rings. The van der Waals surface area contributed by atoms with E-state index in [4.69, 9.17) is 4.74 Å². The number of carbonyl (C=O) groups excluding carboxylic acids is 2. The molecule has 3 rings (SSSR count). The summed E-state index contributed by atoms with van der Waals surface area (Å²) in [5, 5.41) is 2.67. The molecule has 0 spiro atoms. The zero-order valence-electron chi connectivity index (χ0n) is 14.4. The zero-order valence-corrected chi connectivity index (χ0v) is 16.0. The molecule has 1 aromatic heterocycles. The average Bonchev–Trinajstić information content (AvgIpc) is 2.69. The Bertz CT molecular complexity index is 770. The van der Waals surface area contributed by atoms with Crippen LogP contribution < -0.4 is 10.1 Å². The van der Waals surface area contributed by atoms with Gasteiger partial charge in [0, 0.05) is 42.8 Å². The van der Waals surface area contributed by atoms with Gasteiger partial charge in [-0.3, -0.25) is 9.59 Å². The Hall–Kier alpha value is -2.41. The van der Waals surface area contributed by atoms with Crippen LogP contribution in [0.1, 0.15) is 23.2 Å². The highest BCUT2D eigenvalue weighted by Crippen LogP contribution is 2.23. The van der Waals surface area contributed by atoms with Crippen LogP contribution in [0.2, 0.25) is 0 Å². The minimum Gasteiger partial charge on any atom is -0.439 e. The van der Waals surface area contributed by atoms with E-state index >= 15 is 0 Å². The fraction of sp³-hybridized carbons (Fsp3) is 0.316. The fourth-order valence-electron chi connectivity index (χ4n) is 2.92. The van der Waals surface area contributed by atoms with Crippen LogP contribution in [0.15, 0.2) is 47.1 Å². The Kier molecular flexibility index (Phi) is 5.88. The maximum Gasteiger partial charge on any atom is 0.255 e. The molecule has 0 aliphatic carbocycles. The van der Waals surface area contributed by atoms with Gasteiger partial charge in [-0.2, -0.15) is 0 Å². The monoisotopic (exact) mass is 417 g/mol. The first-order valence-corrected chi connectivity index (χ1v) is 9.26. The first-order valence-electron chi connectivity index (χ1n) is 8.47. The standard InChI is InChI=1S/C19H20BrN3O3/c1-21-18(24)13-8-10-23(11-9-13)19(25)14-2-7-17(22-12-14)26-16-5-3-15(20)4-6-16/h2-7,12-13H,8-11H2,1H3,(H,21,24). The van der Waals surface area contributed by atoms with Crippen molar-refractivity contribution in [3.8, 4) is 11.6 Å². The summed E-state index contributed by atoms with van der Waals surface area (Å²) in [7, 11) is 1.64. The third kappa shape index (κ3) is 4.40. The molecule has 0 saturated carbocycles. The van der Waals surface area contributed by atoms with Crippen LogP contribution in [0.3, 0.4) is 0 Å². The Labute approximate surface area is 160 Å². The van der Waals surface area contributed by atoms with E-state index < -0.39 is 0 Å². The molecular weight excluding hydrogens is 398 g/mol. The number of benzene rings is 1. The van der Waals surface area contributed by atoms with Gasteiger partial charge in [-0.25, -0.2) is 4.98 Å². The van der Waals surface area contributed by atoms with Gasteiger partial charge >= 0.3 is 0 Å². The summed E-state index contributed by atoms with van der Waals surface area (Å²) in [5.41, 5.74) is 0.520. The van der Waals surface area contributed by atoms with Crippen LogP contribution >= 0.6 is 15.9 Å². The molecule has 1 saturated heterocycles. The van der Waals surface area contributed by atoms with Gasteiger partial charge in [0.25, 0.3) is 5.91 Å². The molecule has 0 bridgehead atoms. The van der Waals surface area contributed by atoms with Gasteiger partial charge in [0.2, 0.25) is 11.8 Å². The van der Waals surface area contributed by atoms with Crippen molar-refractivity contribution in [1.29, 1.82) is 0 Å². The summed E-state index contributed by atoms with van der Waals surface area (Å²) in [5.74, 6) is 1.08. The zero-order chi connectivity index (χ0) is 18.5. The summed E-state index contributed by atoms with van der Waals surface area (Å²) >= 11 is 3.37. The van der Waals surface area contributed by atoms with Crippen molar-refractivity contribution in [3.05, 3.63) is 52.6 Å². The third-order valence-electron chi connectivity index (χ3n) is 4.42. The molecule has 2 amide bonds. The Morgan fingerprint density at radius 3 is 2.42 bits per heavy atom. The number of nitrogens with zero attached hydrogens (tertiary/aromatic N) is 2. The number of rotatable bonds is 4. The third-order valence-corrected chi connectivity index (χ3v) is 4.95. The van der Waals surface area contributed by atoms with Crippen LogP contribution in [-0.2, 0) is 4.79 Å². The molecule has 2 aromatic rings. The van der Waals surface area contributed by atoms with E-state index in [1.807, 2.05) is 24.3 Å². The summed E-state index contributed by atoms with van der Waals surface area (Å²) in [6, 6.07) is 10.8. The number of halogens is 1. The lowest BCUT2D eigenvalue weighted by molar-refractivity contribution is -0.125. The van der Waals surface area contributed by atoms with Gasteiger partial charge < -0.3 is 15.0 Å². The van der Waals surface area contributed by atoms with Crippen LogP contribution in [-0.4, -0.2) is 41.8 Å². The van der Waals surface area contributed by atoms with E-state index in [1.54, 1.807) is 24.1 Å². The lowest BCUT2D eigenvalue weighted by atomic mass is 9.95. The van der Waals surface area contributed by atoms with Crippen LogP contribution in [0, 0.1) is 5.92 Å². The van der Waals surface area contributed by atoms with Gasteiger partial charge in [0.05, 0.1) is 5.56 Å². The molecule has 7 heteroatoms. The van der Waals surface area contributed by atoms with E-state index in [0.717, 1.165) is 4.47 Å². The van der Waals surface area contributed by atoms with Gasteiger partial charge in [-0.05, 0) is 43.2 Å². The average molecular weight is 418 g/mol. The lowest BCUT2D eigenvalue weighted by Gasteiger charge is -2.31. The summed E-state index contributed by atoms with van der Waals surface area (Å²) in [4.78, 5) is 30.3. The summed E-state index contributed by atoms with van der Waals surface area (Å²) in [6.07, 6.45) is 2.90. The molecule has 0 radical (unpaired) electrons. The number of nitrogens with one attached hydrogen (secondary N) is 1. The second-order valence-corrected chi connectivity index (χ2v) is 7.04. The largest absolute Gasteiger partial charge is 0.439 e. The van der Waals surface area contributed by atoms with Crippen LogP contribution in [0.4, 0.5) is 0 Å². The SMILES string of the molecule is CNC(=O)C1CCN(C(=O)c2ccc(Oc3ccc(Br)cc3)nc2)CC1. The first kappa shape index (κ1) is 18.4. The predicted octanol–water partition coefficient (Wildman–Crippen LogP) is 3.23. The van der Waals surface area contributed by atoms with Crippen molar-refractivity contribution in [1.82, 2.24) is 15.2 Å². The Balaban J connectivity index is 1.59. The summed E-state index contributed by atoms with van der Waals surface area (Å²) in [6.45, 7) is 1.15. The van der Waals surface area contributed by atoms with Crippen molar-refractivity contribution >= 4 is 27.7 Å². The smallest absolute Gasteiger partial charge is 0.255 e. The number of hydrogen-bond acceptors (Lipinski definition) is 4. The number of pyridine rings is 1. The Morgan fingerprint density at radius 2 is 1.85 bits per heavy atom. The highest BCUT2D eigenvalue weighted by molar-refractivity contribution is 9.10. The maximum atomic E-state index is 12.6. The van der Waals surface area contributed by atoms with E-state index in [9.17, 15) is 9.59 Å². The van der Waals surface area contributed by atoms with E-state index in [-0.39, 0.29) is 17.7 Å². The molecular formula is C19H20BrN3O3. The quantitative estimate of drug-likeness (QED) is 0.828. The number of carbonyl (C=O) groups is 2. The maximum absolute atomic E-state index is 12.6. The molecule has 1 aliphatic heterocycles. The van der Waals surface area contributed by atoms with Gasteiger partial charge in [0.1, 0.15) is 5.75 Å². The molecule has 136 valence electrons. The molecule has 0 atom stereocenters. The van der Waals surface area contributed by atoms with Crippen molar-refractivity contribution in [2.24, 2.45) is 5.92 Å². The minimum atomic E-state index is -0.0666. The fourth-order valence-corrected chi connectivity index (χ4v) is 3.19. The van der Waals surface area contributed by atoms with Crippen molar-refractivity contribution in [3.63, 3.8) is 0 Å². The predicted molar refractivity (Wildman–Crippen MR) is 101 cm³/mol. The highest BCUT2D eigenvalue weighted by Gasteiger charge is 2.27. The van der Waals surface area contributed by atoms with Gasteiger partial charge in [-0.1, -0.05) is 15.9 Å². The van der Waals surface area contributed by atoms with Crippen molar-refractivity contribution < 1.29 is 14.3 Å². The first-order chi connectivity index (χ1) is 12.6. The number of piperidine rings is 1. The second-order valence-electron chi connectivity index (χ2n) is 6.12. The van der Waals surface area contributed by atoms with E-state index in [2.05, 4.69) is 26.2 Å². The van der Waals surface area contributed by atoms with E-state index in [1.165, 1.54) is 6.20 Å². The molecule has 1 aromatic carbocycles. The van der Waals surface area contributed by atoms with Crippen LogP contribution in [0.25, 0.3) is 0 Å². The van der Waals surface area contributed by atoms with Crippen molar-refractivity contribution in [2.75, 3.05) is 20.1 Å². The molecule has 0 unspecified atom stereocenters. The van der Waals surface area contributed by atoms with Crippen LogP contribution in [0.5, 0.6) is 11.6 Å². The minimum absolute atomic E-state index is 0.0103. The second kappa shape index (κ2) is 8.31.